The monoisotopic (exact) mass is 209 g/mol. The molecule has 0 spiro atoms. The first-order valence-electron chi connectivity index (χ1n) is 3.40. The van der Waals surface area contributed by atoms with Crippen LogP contribution in [-0.4, -0.2) is 18.9 Å². The van der Waals surface area contributed by atoms with Crippen molar-refractivity contribution in [1.29, 1.82) is 0 Å². The number of thiophene rings is 1. The van der Waals surface area contributed by atoms with Crippen molar-refractivity contribution in [1.82, 2.24) is 5.32 Å². The molecule has 0 atom stereocenters. The van der Waals surface area contributed by atoms with E-state index in [2.05, 4.69) is 0 Å². The van der Waals surface area contributed by atoms with Gasteiger partial charge in [-0.2, -0.15) is 0 Å². The van der Waals surface area contributed by atoms with E-state index in [4.69, 9.17) is 0 Å². The first-order valence-corrected chi connectivity index (χ1v) is 4.28. The number of carbonyl (C=O) groups is 1. The summed E-state index contributed by atoms with van der Waals surface area (Å²) < 4.78 is 36.0. The van der Waals surface area contributed by atoms with E-state index in [0.717, 1.165) is 17.4 Å². The molecule has 6 heteroatoms. The molecule has 1 rings (SSSR count). The van der Waals surface area contributed by atoms with Gasteiger partial charge in [-0.3, -0.25) is 4.79 Å². The molecular formula is C7H6F3NOS. The van der Waals surface area contributed by atoms with Gasteiger partial charge in [0, 0.05) is 0 Å². The molecule has 1 aromatic rings. The fourth-order valence-electron chi connectivity index (χ4n) is 0.706. The minimum absolute atomic E-state index is 0.166. The third-order valence-corrected chi connectivity index (χ3v) is 2.13. The molecule has 1 aromatic heterocycles. The Balaban J connectivity index is 2.54. The molecule has 0 fully saturated rings. The van der Waals surface area contributed by atoms with E-state index < -0.39 is 24.7 Å². The lowest BCUT2D eigenvalue weighted by Gasteiger charge is -2.01. The Bertz CT molecular complexity index is 300. The van der Waals surface area contributed by atoms with Gasteiger partial charge in [0.1, 0.15) is 10.7 Å². The van der Waals surface area contributed by atoms with Crippen molar-refractivity contribution in [3.63, 3.8) is 0 Å². The molecule has 0 radical (unpaired) electrons. The average molecular weight is 209 g/mol. The third-order valence-electron chi connectivity index (χ3n) is 1.24. The topological polar surface area (TPSA) is 29.1 Å². The Hall–Kier alpha value is -1.04. The number of hydrogen-bond acceptors (Lipinski definition) is 2. The molecule has 13 heavy (non-hydrogen) atoms. The van der Waals surface area contributed by atoms with Gasteiger partial charge >= 0.3 is 0 Å². The largest absolute Gasteiger partial charge is 0.346 e. The highest BCUT2D eigenvalue weighted by molar-refractivity contribution is 7.12. The van der Waals surface area contributed by atoms with Crippen molar-refractivity contribution in [3.05, 3.63) is 22.1 Å². The van der Waals surface area contributed by atoms with Crippen LogP contribution in [0.15, 0.2) is 11.4 Å². The molecule has 0 aromatic carbocycles. The molecule has 0 bridgehead atoms. The standard InChI is InChI=1S/C7H6F3NOS/c8-4-1-2-13-6(4)7(12)11-3-5(9)10/h1-2,5H,3H2,(H,11,12). The molecule has 72 valence electrons. The quantitative estimate of drug-likeness (QED) is 0.809. The summed E-state index contributed by atoms with van der Waals surface area (Å²) in [7, 11) is 0. The lowest BCUT2D eigenvalue weighted by molar-refractivity contribution is 0.0892. The number of amides is 1. The molecule has 0 saturated carbocycles. The van der Waals surface area contributed by atoms with Crippen molar-refractivity contribution in [2.45, 2.75) is 6.43 Å². The number of halogens is 3. The predicted molar refractivity (Wildman–Crippen MR) is 42.6 cm³/mol. The number of nitrogens with one attached hydrogen (secondary N) is 1. The summed E-state index contributed by atoms with van der Waals surface area (Å²) in [5, 5.41) is 3.29. The fraction of sp³-hybridized carbons (Fsp3) is 0.286. The van der Waals surface area contributed by atoms with Gasteiger partial charge in [0.2, 0.25) is 0 Å². The highest BCUT2D eigenvalue weighted by atomic mass is 32.1. The van der Waals surface area contributed by atoms with Crippen LogP contribution in [-0.2, 0) is 0 Å². The van der Waals surface area contributed by atoms with Crippen molar-refractivity contribution in [2.24, 2.45) is 0 Å². The summed E-state index contributed by atoms with van der Waals surface area (Å²) in [6, 6.07) is 1.11. The van der Waals surface area contributed by atoms with E-state index in [0.29, 0.717) is 0 Å². The van der Waals surface area contributed by atoms with Crippen molar-refractivity contribution < 1.29 is 18.0 Å². The Labute approximate surface area is 76.4 Å². The lowest BCUT2D eigenvalue weighted by atomic mass is 10.4. The van der Waals surface area contributed by atoms with Gasteiger partial charge in [-0.25, -0.2) is 13.2 Å². The third kappa shape index (κ3) is 2.73. The van der Waals surface area contributed by atoms with Crippen LogP contribution in [0.25, 0.3) is 0 Å². The minimum Gasteiger partial charge on any atom is -0.346 e. The zero-order valence-electron chi connectivity index (χ0n) is 6.39. The second-order valence-electron chi connectivity index (χ2n) is 2.20. The smallest absolute Gasteiger partial charge is 0.264 e. The lowest BCUT2D eigenvalue weighted by Crippen LogP contribution is -2.28. The summed E-state index contributed by atoms with van der Waals surface area (Å²) in [5.74, 6) is -1.48. The Morgan fingerprint density at radius 3 is 2.77 bits per heavy atom. The summed E-state index contributed by atoms with van der Waals surface area (Å²) in [6.07, 6.45) is -2.62. The van der Waals surface area contributed by atoms with E-state index in [1.807, 2.05) is 5.32 Å². The van der Waals surface area contributed by atoms with Crippen molar-refractivity contribution in [2.75, 3.05) is 6.54 Å². The summed E-state index contributed by atoms with van der Waals surface area (Å²) in [4.78, 5) is 10.8. The number of hydrogen-bond donors (Lipinski definition) is 1. The van der Waals surface area contributed by atoms with Gasteiger partial charge in [-0.1, -0.05) is 0 Å². The van der Waals surface area contributed by atoms with Crippen LogP contribution in [0.4, 0.5) is 13.2 Å². The minimum atomic E-state index is -2.62. The van der Waals surface area contributed by atoms with E-state index in [1.54, 1.807) is 0 Å². The van der Waals surface area contributed by atoms with Gasteiger partial charge in [-0.05, 0) is 11.4 Å². The maximum Gasteiger partial charge on any atom is 0.264 e. The summed E-state index contributed by atoms with van der Waals surface area (Å²) in [6.45, 7) is -0.754. The zero-order valence-corrected chi connectivity index (χ0v) is 7.21. The summed E-state index contributed by atoms with van der Waals surface area (Å²) >= 11 is 0.877. The van der Waals surface area contributed by atoms with E-state index in [-0.39, 0.29) is 4.88 Å². The van der Waals surface area contributed by atoms with Gasteiger partial charge < -0.3 is 5.32 Å². The molecule has 0 aliphatic rings. The van der Waals surface area contributed by atoms with Gasteiger partial charge in [0.05, 0.1) is 6.54 Å². The van der Waals surface area contributed by atoms with E-state index in [1.165, 1.54) is 5.38 Å². The van der Waals surface area contributed by atoms with Gasteiger partial charge in [0.15, 0.2) is 0 Å². The predicted octanol–water partition coefficient (Wildman–Crippen LogP) is 1.88. The van der Waals surface area contributed by atoms with Crippen LogP contribution >= 0.6 is 11.3 Å². The fourth-order valence-corrected chi connectivity index (χ4v) is 1.39. The Morgan fingerprint density at radius 1 is 1.62 bits per heavy atom. The average Bonchev–Trinajstić information content (AvgIpc) is 2.47. The van der Waals surface area contributed by atoms with E-state index in [9.17, 15) is 18.0 Å². The number of alkyl halides is 2. The van der Waals surface area contributed by atoms with Gasteiger partial charge in [-0.15, -0.1) is 11.3 Å². The summed E-state index contributed by atoms with van der Waals surface area (Å²) in [5.41, 5.74) is 0. The Morgan fingerprint density at radius 2 is 2.31 bits per heavy atom. The molecule has 0 aliphatic carbocycles. The van der Waals surface area contributed by atoms with Crippen molar-refractivity contribution >= 4 is 17.2 Å². The molecule has 2 nitrogen and oxygen atoms in total. The van der Waals surface area contributed by atoms with Crippen LogP contribution in [0.1, 0.15) is 9.67 Å². The maximum atomic E-state index is 12.7. The molecule has 0 unspecified atom stereocenters. The number of carbonyl (C=O) groups excluding carboxylic acids is 1. The first kappa shape index (κ1) is 10.0. The van der Waals surface area contributed by atoms with E-state index >= 15 is 0 Å². The van der Waals surface area contributed by atoms with Crippen LogP contribution in [0.2, 0.25) is 0 Å². The normalized spacial score (nSPS) is 10.5. The SMILES string of the molecule is O=C(NCC(F)F)c1sccc1F. The van der Waals surface area contributed by atoms with Crippen LogP contribution in [0, 0.1) is 5.82 Å². The molecule has 1 amide bonds. The van der Waals surface area contributed by atoms with Crippen LogP contribution in [0.3, 0.4) is 0 Å². The molecule has 0 saturated heterocycles. The van der Waals surface area contributed by atoms with Gasteiger partial charge in [0.25, 0.3) is 12.3 Å². The molecular weight excluding hydrogens is 203 g/mol. The maximum absolute atomic E-state index is 12.7. The van der Waals surface area contributed by atoms with Crippen LogP contribution in [0.5, 0.6) is 0 Å². The van der Waals surface area contributed by atoms with Crippen LogP contribution < -0.4 is 5.32 Å². The number of rotatable bonds is 3. The molecule has 1 heterocycles. The second kappa shape index (κ2) is 4.27. The Kier molecular flexibility index (Phi) is 3.30. The second-order valence-corrected chi connectivity index (χ2v) is 3.11. The highest BCUT2D eigenvalue weighted by Gasteiger charge is 2.14. The molecule has 0 aliphatic heterocycles. The van der Waals surface area contributed by atoms with Crippen molar-refractivity contribution in [3.8, 4) is 0 Å². The highest BCUT2D eigenvalue weighted by Crippen LogP contribution is 2.14. The molecule has 1 N–H and O–H groups in total. The zero-order chi connectivity index (χ0) is 9.84. The first-order chi connectivity index (χ1) is 6.11.